The van der Waals surface area contributed by atoms with Gasteiger partial charge < -0.3 is 9.30 Å². The second-order valence-corrected chi connectivity index (χ2v) is 5.77. The van der Waals surface area contributed by atoms with Gasteiger partial charge in [-0.3, -0.25) is 4.98 Å². The molecular weight excluding hydrogens is 294 g/mol. The number of hydrogen-bond acceptors (Lipinski definition) is 4. The van der Waals surface area contributed by atoms with Gasteiger partial charge in [0.1, 0.15) is 5.75 Å². The minimum atomic E-state index is 0.472. The number of ether oxygens (including phenoxy) is 1. The number of imidazole rings is 1. The number of nitrogens with zero attached hydrogens (tertiary/aromatic N) is 3. The molecule has 2 aromatic heterocycles. The van der Waals surface area contributed by atoms with Crippen LogP contribution < -0.4 is 4.74 Å². The molecule has 0 saturated heterocycles. The van der Waals surface area contributed by atoms with Crippen molar-refractivity contribution in [2.24, 2.45) is 7.05 Å². The first kappa shape index (κ1) is 15.2. The van der Waals surface area contributed by atoms with E-state index < -0.39 is 0 Å². The molecule has 0 bridgehead atoms. The van der Waals surface area contributed by atoms with Crippen LogP contribution in [-0.4, -0.2) is 21.6 Å². The van der Waals surface area contributed by atoms with Crippen molar-refractivity contribution in [3.8, 4) is 5.75 Å². The van der Waals surface area contributed by atoms with Crippen molar-refractivity contribution in [3.63, 3.8) is 0 Å². The van der Waals surface area contributed by atoms with Gasteiger partial charge in [-0.15, -0.1) is 11.6 Å². The number of aromatic nitrogens is 3. The molecule has 0 fully saturated rings. The van der Waals surface area contributed by atoms with E-state index in [4.69, 9.17) is 16.3 Å². The van der Waals surface area contributed by atoms with Crippen molar-refractivity contribution in [1.29, 1.82) is 0 Å². The molecule has 0 radical (unpaired) electrons. The maximum absolute atomic E-state index is 5.85. The molecular formula is C14H18ClN3OS. The highest BCUT2D eigenvalue weighted by Crippen LogP contribution is 2.28. The number of alkyl halides is 1. The number of rotatable bonds is 5. The van der Waals surface area contributed by atoms with E-state index in [1.165, 1.54) is 0 Å². The van der Waals surface area contributed by atoms with E-state index in [9.17, 15) is 0 Å². The number of aryl methyl sites for hydroxylation is 1. The summed E-state index contributed by atoms with van der Waals surface area (Å²) >= 11 is 7.50. The molecule has 0 aromatic carbocycles. The summed E-state index contributed by atoms with van der Waals surface area (Å²) in [7, 11) is 3.67. The Labute approximate surface area is 128 Å². The lowest BCUT2D eigenvalue weighted by Crippen LogP contribution is -2.00. The predicted molar refractivity (Wildman–Crippen MR) is 82.6 cm³/mol. The van der Waals surface area contributed by atoms with Gasteiger partial charge in [-0.2, -0.15) is 0 Å². The average molecular weight is 312 g/mol. The van der Waals surface area contributed by atoms with Gasteiger partial charge in [-0.1, -0.05) is 11.8 Å². The zero-order valence-corrected chi connectivity index (χ0v) is 13.7. The highest BCUT2D eigenvalue weighted by Gasteiger charge is 2.12. The second kappa shape index (κ2) is 6.50. The fourth-order valence-electron chi connectivity index (χ4n) is 2.03. The largest absolute Gasteiger partial charge is 0.496 e. The van der Waals surface area contributed by atoms with Crippen LogP contribution >= 0.6 is 23.4 Å². The topological polar surface area (TPSA) is 39.9 Å². The minimum Gasteiger partial charge on any atom is -0.496 e. The van der Waals surface area contributed by atoms with Crippen LogP contribution in [0.15, 0.2) is 17.6 Å². The fraction of sp³-hybridized carbons (Fsp3) is 0.429. The Kier molecular flexibility index (Phi) is 4.94. The first-order valence-electron chi connectivity index (χ1n) is 6.26. The van der Waals surface area contributed by atoms with Crippen molar-refractivity contribution in [2.45, 2.75) is 30.6 Å². The highest BCUT2D eigenvalue weighted by atomic mass is 35.5. The van der Waals surface area contributed by atoms with Gasteiger partial charge in [-0.05, 0) is 13.8 Å². The van der Waals surface area contributed by atoms with Crippen LogP contribution in [0.1, 0.15) is 22.5 Å². The third kappa shape index (κ3) is 2.94. The van der Waals surface area contributed by atoms with E-state index in [0.29, 0.717) is 5.88 Å². The Morgan fingerprint density at radius 2 is 2.05 bits per heavy atom. The van der Waals surface area contributed by atoms with E-state index in [2.05, 4.69) is 9.97 Å². The maximum atomic E-state index is 5.85. The molecule has 4 nitrogen and oxygen atoms in total. The number of methoxy groups -OCH3 is 1. The van der Waals surface area contributed by atoms with E-state index in [0.717, 1.165) is 39.2 Å². The Morgan fingerprint density at radius 3 is 2.65 bits per heavy atom. The Bertz CT molecular complexity index is 613. The second-order valence-electron chi connectivity index (χ2n) is 4.56. The number of thioether (sulfide) groups is 1. The summed E-state index contributed by atoms with van der Waals surface area (Å²) in [4.78, 5) is 8.87. The van der Waals surface area contributed by atoms with Crippen LogP contribution in [0, 0.1) is 13.8 Å². The monoisotopic (exact) mass is 311 g/mol. The molecule has 20 heavy (non-hydrogen) atoms. The molecule has 0 atom stereocenters. The summed E-state index contributed by atoms with van der Waals surface area (Å²) in [6.07, 6.45) is 3.66. The normalized spacial score (nSPS) is 10.8. The van der Waals surface area contributed by atoms with Crippen molar-refractivity contribution >= 4 is 23.4 Å². The van der Waals surface area contributed by atoms with E-state index in [-0.39, 0.29) is 0 Å². The summed E-state index contributed by atoms with van der Waals surface area (Å²) in [5, 5.41) is 0.946. The molecule has 2 rings (SSSR count). The molecule has 0 unspecified atom stereocenters. The molecule has 0 spiro atoms. The molecule has 6 heteroatoms. The standard InChI is InChI=1S/C14H18ClN3OS/c1-9-6-16-12(10(2)13(9)19-4)8-20-14-17-7-11(5-15)18(14)3/h6-7H,5,8H2,1-4H3. The summed E-state index contributed by atoms with van der Waals surface area (Å²) in [6.45, 7) is 4.04. The van der Waals surface area contributed by atoms with Crippen LogP contribution in [0.25, 0.3) is 0 Å². The lowest BCUT2D eigenvalue weighted by Gasteiger charge is -2.12. The highest BCUT2D eigenvalue weighted by molar-refractivity contribution is 7.98. The van der Waals surface area contributed by atoms with Crippen molar-refractivity contribution in [1.82, 2.24) is 14.5 Å². The minimum absolute atomic E-state index is 0.472. The molecule has 0 N–H and O–H groups in total. The Hall–Kier alpha value is -1.20. The summed E-state index contributed by atoms with van der Waals surface area (Å²) < 4.78 is 7.44. The van der Waals surface area contributed by atoms with Gasteiger partial charge >= 0.3 is 0 Å². The van der Waals surface area contributed by atoms with Crippen LogP contribution in [0.4, 0.5) is 0 Å². The molecule has 0 amide bonds. The van der Waals surface area contributed by atoms with Crippen LogP contribution in [0.3, 0.4) is 0 Å². The summed E-state index contributed by atoms with van der Waals surface area (Å²) in [5.74, 6) is 2.14. The van der Waals surface area contributed by atoms with E-state index in [1.807, 2.05) is 37.9 Å². The molecule has 0 aliphatic carbocycles. The smallest absolute Gasteiger partial charge is 0.168 e. The van der Waals surface area contributed by atoms with Crippen LogP contribution in [-0.2, 0) is 18.7 Å². The summed E-state index contributed by atoms with van der Waals surface area (Å²) in [6, 6.07) is 0. The molecule has 2 aromatic rings. The van der Waals surface area contributed by atoms with Crippen molar-refractivity contribution in [2.75, 3.05) is 7.11 Å². The van der Waals surface area contributed by atoms with Gasteiger partial charge in [0.15, 0.2) is 5.16 Å². The average Bonchev–Trinajstić information content (AvgIpc) is 2.79. The quantitative estimate of drug-likeness (QED) is 0.626. The van der Waals surface area contributed by atoms with Crippen LogP contribution in [0.5, 0.6) is 5.75 Å². The molecule has 2 heterocycles. The number of halogens is 1. The third-order valence-corrected chi connectivity index (χ3v) is 4.60. The molecule has 0 saturated carbocycles. The maximum Gasteiger partial charge on any atom is 0.168 e. The SMILES string of the molecule is COc1c(C)cnc(CSc2ncc(CCl)n2C)c1C. The molecule has 108 valence electrons. The van der Waals surface area contributed by atoms with E-state index in [1.54, 1.807) is 18.9 Å². The third-order valence-electron chi connectivity index (χ3n) is 3.27. The van der Waals surface area contributed by atoms with Gasteiger partial charge in [0.05, 0.1) is 30.6 Å². The Morgan fingerprint density at radius 1 is 1.30 bits per heavy atom. The first-order valence-corrected chi connectivity index (χ1v) is 7.79. The van der Waals surface area contributed by atoms with Crippen LogP contribution in [0.2, 0.25) is 0 Å². The van der Waals surface area contributed by atoms with E-state index >= 15 is 0 Å². The Balaban J connectivity index is 2.17. The zero-order chi connectivity index (χ0) is 14.7. The van der Waals surface area contributed by atoms with Crippen molar-refractivity contribution in [3.05, 3.63) is 34.9 Å². The lowest BCUT2D eigenvalue weighted by atomic mass is 10.1. The number of hydrogen-bond donors (Lipinski definition) is 0. The summed E-state index contributed by atoms with van der Waals surface area (Å²) in [5.41, 5.74) is 4.18. The first-order chi connectivity index (χ1) is 9.58. The fourth-order valence-corrected chi connectivity index (χ4v) is 3.28. The number of pyridine rings is 1. The van der Waals surface area contributed by atoms with Gasteiger partial charge in [-0.25, -0.2) is 4.98 Å². The molecule has 0 aliphatic heterocycles. The molecule has 0 aliphatic rings. The lowest BCUT2D eigenvalue weighted by molar-refractivity contribution is 0.407. The van der Waals surface area contributed by atoms with Gasteiger partial charge in [0.2, 0.25) is 0 Å². The van der Waals surface area contributed by atoms with Crippen molar-refractivity contribution < 1.29 is 4.74 Å². The van der Waals surface area contributed by atoms with Gasteiger partial charge in [0.25, 0.3) is 0 Å². The van der Waals surface area contributed by atoms with Gasteiger partial charge in [0, 0.05) is 30.1 Å². The predicted octanol–water partition coefficient (Wildman–Crippen LogP) is 3.47. The zero-order valence-electron chi connectivity index (χ0n) is 12.1.